The first-order valence-electron chi connectivity index (χ1n) is 38.0. The zero-order valence-electron chi connectivity index (χ0n) is 62.4. The number of hydrogen-bond acceptors (Lipinski definition) is 32. The summed E-state index contributed by atoms with van der Waals surface area (Å²) in [6.45, 7) is 5.74. The van der Waals surface area contributed by atoms with Gasteiger partial charge in [-0.05, 0) is 119 Å². The minimum atomic E-state index is -1.65. The van der Waals surface area contributed by atoms with E-state index in [1.807, 2.05) is 76.2 Å². The third-order valence-electron chi connectivity index (χ3n) is 21.1. The maximum absolute atomic E-state index is 11.2. The molecule has 1 aliphatic carbocycles. The quantitative estimate of drug-likeness (QED) is 0.0250. The number of rotatable bonds is 28. The molecule has 36 nitrogen and oxygen atoms in total. The molecule has 0 spiro atoms. The second-order valence-corrected chi connectivity index (χ2v) is 29.4. The molecule has 36 heteroatoms. The topological polar surface area (TPSA) is 520 Å². The van der Waals surface area contributed by atoms with Gasteiger partial charge >= 0.3 is 0 Å². The van der Waals surface area contributed by atoms with Crippen molar-refractivity contribution in [2.24, 2.45) is 0 Å². The van der Waals surface area contributed by atoms with Crippen LogP contribution in [0.4, 0.5) is 0 Å². The summed E-state index contributed by atoms with van der Waals surface area (Å²) in [7, 11) is 0. The van der Waals surface area contributed by atoms with Gasteiger partial charge in [0.05, 0.1) is 104 Å². The van der Waals surface area contributed by atoms with Crippen molar-refractivity contribution in [2.75, 3.05) is 52.9 Å². The van der Waals surface area contributed by atoms with Gasteiger partial charge in [0.1, 0.15) is 168 Å². The summed E-state index contributed by atoms with van der Waals surface area (Å²) in [6.07, 6.45) is -19.3. The van der Waals surface area contributed by atoms with Crippen LogP contribution in [0.15, 0.2) is 73.3 Å². The molecule has 0 radical (unpaired) electrons. The van der Waals surface area contributed by atoms with E-state index < -0.39 is 149 Å². The lowest BCUT2D eigenvalue weighted by Gasteiger charge is -2.39. The molecule has 8 heterocycles. The maximum Gasteiger partial charge on any atom is 0.126 e. The highest BCUT2D eigenvalue weighted by Gasteiger charge is 2.48. The Morgan fingerprint density at radius 1 is 0.286 bits per heavy atom. The van der Waals surface area contributed by atoms with Crippen LogP contribution >= 0.6 is 0 Å². The first-order valence-corrected chi connectivity index (χ1v) is 38.0. The highest BCUT2D eigenvalue weighted by molar-refractivity contribution is 5.72. The third-order valence-corrected chi connectivity index (χ3v) is 21.1. The maximum atomic E-state index is 11.2. The summed E-state index contributed by atoms with van der Waals surface area (Å²) in [5.41, 5.74) is 8.71. The largest absolute Gasteiger partial charge is 0.493 e. The van der Waals surface area contributed by atoms with Crippen molar-refractivity contribution in [1.82, 2.24) is 60.0 Å². The molecule has 13 rings (SSSR count). The molecular formula is C76H100N12O24. The summed E-state index contributed by atoms with van der Waals surface area (Å²) >= 11 is 0. The molecule has 112 heavy (non-hydrogen) atoms. The van der Waals surface area contributed by atoms with Crippen LogP contribution in [0, 0.1) is 0 Å². The van der Waals surface area contributed by atoms with E-state index >= 15 is 0 Å². The molecule has 8 bridgehead atoms. The van der Waals surface area contributed by atoms with E-state index in [4.69, 9.17) is 37.9 Å². The van der Waals surface area contributed by atoms with Gasteiger partial charge in [-0.25, -0.2) is 18.7 Å². The lowest BCUT2D eigenvalue weighted by atomic mass is 9.87. The highest BCUT2D eigenvalue weighted by Crippen LogP contribution is 2.45. The molecule has 0 unspecified atom stereocenters. The van der Waals surface area contributed by atoms with Crippen molar-refractivity contribution in [3.05, 3.63) is 118 Å². The van der Waals surface area contributed by atoms with E-state index in [2.05, 4.69) is 41.2 Å². The summed E-state index contributed by atoms with van der Waals surface area (Å²) < 4.78 is 57.5. The van der Waals surface area contributed by atoms with Crippen molar-refractivity contribution in [2.45, 2.75) is 227 Å². The molecule has 0 amide bonds. The molecule has 16 N–H and O–H groups in total. The number of aliphatic hydroxyl groups excluding tert-OH is 16. The van der Waals surface area contributed by atoms with Crippen molar-refractivity contribution in [3.8, 4) is 68.0 Å². The average Bonchev–Trinajstić information content (AvgIpc) is 1.24. The fraction of sp³-hybridized carbons (Fsp3) is 0.579. The van der Waals surface area contributed by atoms with Gasteiger partial charge in [-0.15, -0.1) is 20.4 Å². The Morgan fingerprint density at radius 3 is 0.634 bits per heavy atom. The molecule has 8 aromatic rings. The van der Waals surface area contributed by atoms with Crippen LogP contribution in [0.1, 0.15) is 97.9 Å². The van der Waals surface area contributed by atoms with Gasteiger partial charge < -0.3 is 120 Å². The molecule has 0 saturated carbocycles. The summed E-state index contributed by atoms with van der Waals surface area (Å²) in [5.74, 6) is 1.98. The van der Waals surface area contributed by atoms with Gasteiger partial charge in [0, 0.05) is 47.9 Å². The lowest BCUT2D eigenvalue weighted by molar-refractivity contribution is -0.232. The normalized spacial score (nSPS) is 28.8. The van der Waals surface area contributed by atoms with E-state index in [1.54, 1.807) is 24.8 Å². The second kappa shape index (κ2) is 36.1. The van der Waals surface area contributed by atoms with Gasteiger partial charge in [0.15, 0.2) is 0 Å². The summed E-state index contributed by atoms with van der Waals surface area (Å²) in [6, 6.07) is 15.5. The van der Waals surface area contributed by atoms with Crippen LogP contribution in [-0.4, -0.2) is 317 Å². The van der Waals surface area contributed by atoms with Crippen LogP contribution in [0.5, 0.6) is 23.0 Å². The van der Waals surface area contributed by atoms with E-state index in [9.17, 15) is 81.7 Å². The molecule has 4 saturated heterocycles. The number of ether oxygens (including phenoxy) is 8. The van der Waals surface area contributed by atoms with Crippen LogP contribution in [0.2, 0.25) is 0 Å². The first kappa shape index (κ1) is 81.8. The second-order valence-electron chi connectivity index (χ2n) is 29.4. The molecule has 4 aliphatic heterocycles. The number of benzene rings is 4. The minimum Gasteiger partial charge on any atom is -0.493 e. The minimum absolute atomic E-state index is 0.0852. The fourth-order valence-corrected chi connectivity index (χ4v) is 15.2. The van der Waals surface area contributed by atoms with E-state index in [1.165, 1.54) is 18.7 Å². The highest BCUT2D eigenvalue weighted by atomic mass is 16.6. The van der Waals surface area contributed by atoms with Crippen molar-refractivity contribution < 1.29 is 120 Å². The first-order chi connectivity index (χ1) is 54.0. The Morgan fingerprint density at radius 2 is 0.464 bits per heavy atom. The summed E-state index contributed by atoms with van der Waals surface area (Å²) in [4.78, 5) is 0. The van der Waals surface area contributed by atoms with Gasteiger partial charge in [-0.1, -0.05) is 48.5 Å². The number of nitrogens with zero attached hydrogens (tertiary/aromatic N) is 12. The predicted octanol–water partition coefficient (Wildman–Crippen LogP) is -2.08. The van der Waals surface area contributed by atoms with Crippen LogP contribution in [0.25, 0.3) is 45.0 Å². The average molecular weight is 1570 g/mol. The van der Waals surface area contributed by atoms with Crippen molar-refractivity contribution in [1.29, 1.82) is 0 Å². The predicted molar refractivity (Wildman–Crippen MR) is 391 cm³/mol. The number of hydrogen-bond donors (Lipinski definition) is 16. The molecule has 4 fully saturated rings. The van der Waals surface area contributed by atoms with Gasteiger partial charge in [-0.3, -0.25) is 0 Å². The number of aromatic nitrogens is 12. The van der Waals surface area contributed by atoms with Crippen LogP contribution in [-0.2, 0) is 70.8 Å². The molecular weight excluding hydrogens is 1460 g/mol. The monoisotopic (exact) mass is 1560 g/mol. The number of fused-ring (bicyclic) bond motifs is 8. The Kier molecular flexibility index (Phi) is 26.4. The molecule has 4 aromatic heterocycles. The van der Waals surface area contributed by atoms with Gasteiger partial charge in [0.25, 0.3) is 0 Å². The standard InChI is InChI=1S/C76H100N12O24/c1-5-9-105-73-41-13-37(49-25-85(81-77-49)29-53-61(93)69(101)65(97)57(33-89)109-53)14-42(73)22-44-16-39(51-27-87(83-79-51)31-55-63(95)71(103)67(99)59(35-91)111-55)18-46(75(44)107-11-7-3)24-48-20-40(52-28-88(84-80-52)32-56-64(96)72(104)68(100)60(36-92)112-56)19-47(76(48)108-12-8-4)23-45-17-38(15-43(21-41)74(45)106-10-6-2)50-26-86(82-78-50)30-54-62(94)70(102)66(98)58(34-90)110-54/h13-20,25-28,53-72,89-104H,5-12,21-24,29-36H2,1-4H3/t53-,54-,55-,56-,57+,58+,59+,60+,61-,62-,63-,64-,65-,66-,67-,68-,69+,70+,71+,72+/m0/s1. The van der Waals surface area contributed by atoms with Crippen molar-refractivity contribution in [3.63, 3.8) is 0 Å². The lowest BCUT2D eigenvalue weighted by Crippen LogP contribution is -2.59. The van der Waals surface area contributed by atoms with Crippen LogP contribution < -0.4 is 18.9 Å². The van der Waals surface area contributed by atoms with Crippen LogP contribution in [0.3, 0.4) is 0 Å². The van der Waals surface area contributed by atoms with E-state index in [-0.39, 0.29) is 78.3 Å². The Balaban J connectivity index is 1.03. The van der Waals surface area contributed by atoms with Gasteiger partial charge in [0.2, 0.25) is 0 Å². The van der Waals surface area contributed by atoms with Crippen molar-refractivity contribution >= 4 is 0 Å². The Hall–Kier alpha value is -8.16. The third kappa shape index (κ3) is 17.4. The fourth-order valence-electron chi connectivity index (χ4n) is 15.2. The van der Waals surface area contributed by atoms with Gasteiger partial charge in [-0.2, -0.15) is 0 Å². The van der Waals surface area contributed by atoms with E-state index in [0.717, 1.165) is 0 Å². The molecule has 20 atom stereocenters. The Labute approximate surface area is 643 Å². The SMILES string of the molecule is CCCOc1c2cc(-c3cn(C[C@@H]4O[C@H](CO)[C@H](O)[C@H](O)[C@H]4O)nn3)cc1Cc1cc(-c3cn(C[C@@H]4O[C@H](CO)[C@H](O)[C@H](O)[C@H]4O)nn3)cc(c1OCCC)Cc1cc(-c3cn(C[C@@H]4O[C@H](CO)[C@H](O)[C@H](O)[C@H]4O)nn3)cc(c1OCCC)Cc1cc(-c3cn(C[C@@H]4O[C@H](CO)[C@H](O)[C@H](O)[C@H]4O)nn3)cc(c1OCCC)C2. The molecule has 608 valence electrons. The molecule has 4 aromatic carbocycles. The van der Waals surface area contributed by atoms with E-state index in [0.29, 0.717) is 138 Å². The molecule has 5 aliphatic rings. The zero-order valence-corrected chi connectivity index (χ0v) is 62.4. The number of aliphatic hydroxyl groups is 16. The smallest absolute Gasteiger partial charge is 0.126 e. The summed E-state index contributed by atoms with van der Waals surface area (Å²) in [5, 5.41) is 208. The zero-order chi connectivity index (χ0) is 79.3. The Bertz CT molecular complexity index is 3810.